The van der Waals surface area contributed by atoms with Crippen molar-refractivity contribution < 1.29 is 14.4 Å². The summed E-state index contributed by atoms with van der Waals surface area (Å²) in [6.45, 7) is 1.75. The van der Waals surface area contributed by atoms with Gasteiger partial charge in [0.05, 0.1) is 23.8 Å². The first-order valence-electron chi connectivity index (χ1n) is 11.0. The predicted octanol–water partition coefficient (Wildman–Crippen LogP) is 4.04. The van der Waals surface area contributed by atoms with Crippen LogP contribution in [0.15, 0.2) is 84.9 Å². The van der Waals surface area contributed by atoms with Crippen LogP contribution in [-0.2, 0) is 14.4 Å². The van der Waals surface area contributed by atoms with Crippen LogP contribution in [0.2, 0.25) is 0 Å². The van der Waals surface area contributed by atoms with E-state index in [1.54, 1.807) is 18.0 Å². The number of anilines is 2. The standard InChI is InChI=1S/C27H27N3O3/c1-19-17-24(31)28-22-15-9-10-16-23(22)30(19)25(32)18-29(2)27(33)26(20-11-5-3-6-12-20)21-13-7-4-8-14-21/h3-16,19,26H,17-18H2,1-2H3,(H,28,31)/t19-/m0/s1. The minimum absolute atomic E-state index is 0.0954. The molecule has 6 nitrogen and oxygen atoms in total. The number of benzene rings is 3. The second-order valence-corrected chi connectivity index (χ2v) is 8.33. The highest BCUT2D eigenvalue weighted by atomic mass is 16.2. The van der Waals surface area contributed by atoms with E-state index in [2.05, 4.69) is 5.32 Å². The average Bonchev–Trinajstić information content (AvgIpc) is 2.94. The molecule has 1 heterocycles. The molecular formula is C27H27N3O3. The highest BCUT2D eigenvalue weighted by Crippen LogP contribution is 2.32. The highest BCUT2D eigenvalue weighted by molar-refractivity contribution is 6.05. The van der Waals surface area contributed by atoms with Crippen LogP contribution in [0.1, 0.15) is 30.4 Å². The number of hydrogen-bond acceptors (Lipinski definition) is 3. The average molecular weight is 442 g/mol. The number of nitrogens with one attached hydrogen (secondary N) is 1. The molecule has 4 rings (SSSR count). The number of likely N-dealkylation sites (N-methyl/N-ethyl adjacent to an activating group) is 1. The second-order valence-electron chi connectivity index (χ2n) is 8.33. The third-order valence-corrected chi connectivity index (χ3v) is 5.89. The molecule has 3 aromatic rings. The first-order chi connectivity index (χ1) is 16.0. The predicted molar refractivity (Wildman–Crippen MR) is 129 cm³/mol. The first-order valence-corrected chi connectivity index (χ1v) is 11.0. The third-order valence-electron chi connectivity index (χ3n) is 5.89. The molecule has 0 fully saturated rings. The number of carbonyl (C=O) groups is 3. The molecule has 0 radical (unpaired) electrons. The fourth-order valence-electron chi connectivity index (χ4n) is 4.31. The van der Waals surface area contributed by atoms with Crippen LogP contribution >= 0.6 is 0 Å². The molecule has 0 saturated heterocycles. The van der Waals surface area contributed by atoms with E-state index in [-0.39, 0.29) is 36.7 Å². The lowest BCUT2D eigenvalue weighted by atomic mass is 9.90. The van der Waals surface area contributed by atoms with Crippen molar-refractivity contribution >= 4 is 29.1 Å². The van der Waals surface area contributed by atoms with E-state index in [9.17, 15) is 14.4 Å². The summed E-state index contributed by atoms with van der Waals surface area (Å²) in [6.07, 6.45) is 0.189. The van der Waals surface area contributed by atoms with E-state index in [4.69, 9.17) is 0 Å². The molecule has 6 heteroatoms. The fourth-order valence-corrected chi connectivity index (χ4v) is 4.31. The molecule has 0 bridgehead atoms. The van der Waals surface area contributed by atoms with Crippen LogP contribution in [-0.4, -0.2) is 42.3 Å². The monoisotopic (exact) mass is 441 g/mol. The van der Waals surface area contributed by atoms with E-state index >= 15 is 0 Å². The zero-order valence-electron chi connectivity index (χ0n) is 18.8. The molecule has 0 aromatic heterocycles. The van der Waals surface area contributed by atoms with Gasteiger partial charge in [0, 0.05) is 19.5 Å². The van der Waals surface area contributed by atoms with Gasteiger partial charge in [0.15, 0.2) is 0 Å². The maximum atomic E-state index is 13.6. The molecule has 3 amide bonds. The van der Waals surface area contributed by atoms with Gasteiger partial charge in [0.1, 0.15) is 0 Å². The topological polar surface area (TPSA) is 69.7 Å². The number of rotatable bonds is 5. The van der Waals surface area contributed by atoms with Crippen molar-refractivity contribution in [2.45, 2.75) is 25.3 Å². The van der Waals surface area contributed by atoms with Gasteiger partial charge in [0.2, 0.25) is 17.7 Å². The zero-order valence-corrected chi connectivity index (χ0v) is 18.8. The Kier molecular flexibility index (Phi) is 6.54. The summed E-state index contributed by atoms with van der Waals surface area (Å²) in [5.41, 5.74) is 2.98. The van der Waals surface area contributed by atoms with Gasteiger partial charge in [-0.25, -0.2) is 0 Å². The summed E-state index contributed by atoms with van der Waals surface area (Å²) in [4.78, 5) is 42.4. The van der Waals surface area contributed by atoms with Crippen LogP contribution in [0.25, 0.3) is 0 Å². The lowest BCUT2D eigenvalue weighted by Crippen LogP contribution is -2.46. The third kappa shape index (κ3) is 4.80. The normalized spacial score (nSPS) is 15.4. The SMILES string of the molecule is C[C@H]1CC(=O)Nc2ccccc2N1C(=O)CN(C)C(=O)C(c1ccccc1)c1ccccc1. The number of carbonyl (C=O) groups excluding carboxylic acids is 3. The smallest absolute Gasteiger partial charge is 0.246 e. The molecule has 0 unspecified atom stereocenters. The molecule has 33 heavy (non-hydrogen) atoms. The van der Waals surface area contributed by atoms with E-state index in [1.807, 2.05) is 85.8 Å². The summed E-state index contributed by atoms with van der Waals surface area (Å²) in [5.74, 6) is -1.04. The molecular weight excluding hydrogens is 414 g/mol. The Morgan fingerprint density at radius 3 is 2.09 bits per heavy atom. The molecule has 1 N–H and O–H groups in total. The van der Waals surface area contributed by atoms with E-state index in [1.165, 1.54) is 4.90 Å². The number of fused-ring (bicyclic) bond motifs is 1. The van der Waals surface area contributed by atoms with E-state index < -0.39 is 5.92 Å². The molecule has 0 aliphatic carbocycles. The van der Waals surface area contributed by atoms with Crippen molar-refractivity contribution in [1.82, 2.24) is 4.90 Å². The minimum Gasteiger partial charge on any atom is -0.336 e. The maximum absolute atomic E-state index is 13.6. The number of para-hydroxylation sites is 2. The van der Waals surface area contributed by atoms with Gasteiger partial charge >= 0.3 is 0 Å². The Hall–Kier alpha value is -3.93. The zero-order chi connectivity index (χ0) is 23.4. The van der Waals surface area contributed by atoms with Crippen LogP contribution in [0.4, 0.5) is 11.4 Å². The van der Waals surface area contributed by atoms with Gasteiger partial charge in [-0.3, -0.25) is 14.4 Å². The van der Waals surface area contributed by atoms with Crippen LogP contribution < -0.4 is 10.2 Å². The molecule has 0 spiro atoms. The van der Waals surface area contributed by atoms with Crippen molar-refractivity contribution in [2.24, 2.45) is 0 Å². The quantitative estimate of drug-likeness (QED) is 0.650. The fraction of sp³-hybridized carbons (Fsp3) is 0.222. The van der Waals surface area contributed by atoms with Gasteiger partial charge in [-0.15, -0.1) is 0 Å². The number of nitrogens with zero attached hydrogens (tertiary/aromatic N) is 2. The summed E-state index contributed by atoms with van der Waals surface area (Å²) < 4.78 is 0. The van der Waals surface area contributed by atoms with E-state index in [0.29, 0.717) is 11.4 Å². The number of hydrogen-bond donors (Lipinski definition) is 1. The van der Waals surface area contributed by atoms with Crippen molar-refractivity contribution in [3.8, 4) is 0 Å². The van der Waals surface area contributed by atoms with Crippen LogP contribution in [0.3, 0.4) is 0 Å². The van der Waals surface area contributed by atoms with Crippen molar-refractivity contribution in [1.29, 1.82) is 0 Å². The summed E-state index contributed by atoms with van der Waals surface area (Å²) >= 11 is 0. The molecule has 168 valence electrons. The van der Waals surface area contributed by atoms with Gasteiger partial charge < -0.3 is 15.1 Å². The van der Waals surface area contributed by atoms with Crippen molar-refractivity contribution in [3.05, 3.63) is 96.1 Å². The maximum Gasteiger partial charge on any atom is 0.246 e. The molecule has 1 aliphatic rings. The van der Waals surface area contributed by atoms with Gasteiger partial charge in [-0.05, 0) is 30.2 Å². The lowest BCUT2D eigenvalue weighted by molar-refractivity contribution is -0.134. The largest absolute Gasteiger partial charge is 0.336 e. The highest BCUT2D eigenvalue weighted by Gasteiger charge is 2.32. The summed E-state index contributed by atoms with van der Waals surface area (Å²) in [6, 6.07) is 26.1. The summed E-state index contributed by atoms with van der Waals surface area (Å²) in [5, 5.41) is 2.86. The van der Waals surface area contributed by atoms with Gasteiger partial charge in [-0.1, -0.05) is 72.8 Å². The van der Waals surface area contributed by atoms with Crippen molar-refractivity contribution in [3.63, 3.8) is 0 Å². The molecule has 1 aliphatic heterocycles. The Bertz CT molecular complexity index is 1110. The Balaban J connectivity index is 1.60. The minimum atomic E-state index is -0.512. The summed E-state index contributed by atoms with van der Waals surface area (Å²) in [7, 11) is 1.65. The Morgan fingerprint density at radius 1 is 0.939 bits per heavy atom. The van der Waals surface area contributed by atoms with Crippen molar-refractivity contribution in [2.75, 3.05) is 23.8 Å². The first kappa shape index (κ1) is 22.3. The van der Waals surface area contributed by atoms with Crippen LogP contribution in [0, 0.1) is 0 Å². The van der Waals surface area contributed by atoms with Gasteiger partial charge in [0.25, 0.3) is 0 Å². The molecule has 1 atom stereocenters. The molecule has 0 saturated carbocycles. The Labute approximate surface area is 193 Å². The Morgan fingerprint density at radius 2 is 1.48 bits per heavy atom. The lowest BCUT2D eigenvalue weighted by Gasteiger charge is -2.31. The van der Waals surface area contributed by atoms with Crippen LogP contribution in [0.5, 0.6) is 0 Å². The van der Waals surface area contributed by atoms with E-state index in [0.717, 1.165) is 11.1 Å². The van der Waals surface area contributed by atoms with Gasteiger partial charge in [-0.2, -0.15) is 0 Å². The number of amides is 3. The second kappa shape index (κ2) is 9.69. The molecule has 3 aromatic carbocycles.